The van der Waals surface area contributed by atoms with Crippen molar-refractivity contribution in [1.82, 2.24) is 4.98 Å². The Balaban J connectivity index is 3.40. The van der Waals surface area contributed by atoms with Crippen LogP contribution >= 0.6 is 0 Å². The van der Waals surface area contributed by atoms with Crippen LogP contribution in [0.3, 0.4) is 0 Å². The summed E-state index contributed by atoms with van der Waals surface area (Å²) in [5, 5.41) is 19.2. The molecule has 0 aliphatic rings. The van der Waals surface area contributed by atoms with E-state index < -0.39 is 34.5 Å². The average molecular weight is 266 g/mol. The standard InChI is InChI=1S/C8H5F3N2O5/c1-3-2-4(13(16)17)6(18-8(9,10)11)12-5(3)7(14)15/h2H,1H3,(H,14,15). The Morgan fingerprint density at radius 3 is 2.50 bits per heavy atom. The largest absolute Gasteiger partial charge is 0.574 e. The second-order valence-electron chi connectivity index (χ2n) is 3.09. The highest BCUT2D eigenvalue weighted by Gasteiger charge is 2.36. The van der Waals surface area contributed by atoms with Crippen molar-refractivity contribution in [1.29, 1.82) is 0 Å². The number of carbonyl (C=O) groups is 1. The summed E-state index contributed by atoms with van der Waals surface area (Å²) in [5.74, 6) is -3.02. The number of nitro groups is 1. The molecule has 1 N–H and O–H groups in total. The maximum atomic E-state index is 12.0. The second kappa shape index (κ2) is 4.47. The average Bonchev–Trinajstić information content (AvgIpc) is 2.17. The Hall–Kier alpha value is -2.39. The zero-order chi connectivity index (χ0) is 14.1. The van der Waals surface area contributed by atoms with Crippen molar-refractivity contribution in [2.24, 2.45) is 0 Å². The van der Waals surface area contributed by atoms with E-state index in [-0.39, 0.29) is 5.56 Å². The maximum absolute atomic E-state index is 12.0. The molecule has 98 valence electrons. The summed E-state index contributed by atoms with van der Waals surface area (Å²) in [6.07, 6.45) is -5.21. The van der Waals surface area contributed by atoms with Gasteiger partial charge in [-0.05, 0) is 12.5 Å². The summed E-state index contributed by atoms with van der Waals surface area (Å²) in [7, 11) is 0. The fourth-order valence-electron chi connectivity index (χ4n) is 1.11. The fourth-order valence-corrected chi connectivity index (χ4v) is 1.11. The highest BCUT2D eigenvalue weighted by Crippen LogP contribution is 2.31. The van der Waals surface area contributed by atoms with E-state index >= 15 is 0 Å². The molecule has 0 spiro atoms. The Kier molecular flexibility index (Phi) is 3.39. The Morgan fingerprint density at radius 1 is 1.56 bits per heavy atom. The normalized spacial score (nSPS) is 11.1. The number of hydrogen-bond donors (Lipinski definition) is 1. The van der Waals surface area contributed by atoms with Crippen molar-refractivity contribution in [3.05, 3.63) is 27.4 Å². The molecule has 10 heteroatoms. The Labute approximate surface area is 97.0 Å². The van der Waals surface area contributed by atoms with Gasteiger partial charge in [0.15, 0.2) is 5.69 Å². The summed E-state index contributed by atoms with van der Waals surface area (Å²) in [6.45, 7) is 1.17. The number of rotatable bonds is 3. The van der Waals surface area contributed by atoms with Crippen LogP contribution in [0.25, 0.3) is 0 Å². The van der Waals surface area contributed by atoms with E-state index in [0.717, 1.165) is 0 Å². The molecule has 0 radical (unpaired) electrons. The van der Waals surface area contributed by atoms with Crippen molar-refractivity contribution in [2.45, 2.75) is 13.3 Å². The first-order valence-electron chi connectivity index (χ1n) is 4.27. The van der Waals surface area contributed by atoms with Gasteiger partial charge in [-0.2, -0.15) is 4.98 Å². The van der Waals surface area contributed by atoms with Crippen molar-refractivity contribution in [3.8, 4) is 5.88 Å². The maximum Gasteiger partial charge on any atom is 0.574 e. The summed E-state index contributed by atoms with van der Waals surface area (Å²) in [5.41, 5.74) is -1.96. The molecule has 0 aliphatic heterocycles. The molecule has 0 saturated carbocycles. The lowest BCUT2D eigenvalue weighted by Crippen LogP contribution is -2.20. The summed E-state index contributed by atoms with van der Waals surface area (Å²) in [4.78, 5) is 23.0. The number of pyridine rings is 1. The molecule has 0 bridgehead atoms. The molecule has 1 aromatic heterocycles. The number of carboxylic acids is 1. The lowest BCUT2D eigenvalue weighted by molar-refractivity contribution is -0.389. The molecule has 1 aromatic rings. The number of carboxylic acid groups (broad SMARTS) is 1. The molecule has 1 rings (SSSR count). The van der Waals surface area contributed by atoms with Crippen LogP contribution in [0.5, 0.6) is 5.88 Å². The van der Waals surface area contributed by atoms with Gasteiger partial charge in [0.2, 0.25) is 0 Å². The number of alkyl halides is 3. The molecular weight excluding hydrogens is 261 g/mol. The summed E-state index contributed by atoms with van der Waals surface area (Å²) >= 11 is 0. The second-order valence-corrected chi connectivity index (χ2v) is 3.09. The molecule has 0 atom stereocenters. The van der Waals surface area contributed by atoms with E-state index in [4.69, 9.17) is 5.11 Å². The highest BCUT2D eigenvalue weighted by molar-refractivity contribution is 5.87. The lowest BCUT2D eigenvalue weighted by atomic mass is 10.2. The summed E-state index contributed by atoms with van der Waals surface area (Å²) in [6, 6.07) is 0.650. The van der Waals surface area contributed by atoms with E-state index in [1.54, 1.807) is 0 Å². The third-order valence-corrected chi connectivity index (χ3v) is 1.77. The first kappa shape index (κ1) is 13.7. The molecule has 0 amide bonds. The molecule has 18 heavy (non-hydrogen) atoms. The van der Waals surface area contributed by atoms with Gasteiger partial charge in [-0.25, -0.2) is 4.79 Å². The van der Waals surface area contributed by atoms with Gasteiger partial charge in [-0.15, -0.1) is 13.2 Å². The quantitative estimate of drug-likeness (QED) is 0.662. The van der Waals surface area contributed by atoms with Gasteiger partial charge < -0.3 is 9.84 Å². The van der Waals surface area contributed by atoms with Crippen molar-refractivity contribution >= 4 is 11.7 Å². The highest BCUT2D eigenvalue weighted by atomic mass is 19.4. The van der Waals surface area contributed by atoms with Gasteiger partial charge in [0, 0.05) is 6.07 Å². The Morgan fingerprint density at radius 2 is 2.11 bits per heavy atom. The number of halogens is 3. The zero-order valence-electron chi connectivity index (χ0n) is 8.69. The number of aromatic carboxylic acids is 1. The third kappa shape index (κ3) is 3.06. The molecular formula is C8H5F3N2O5. The first-order chi connectivity index (χ1) is 8.11. The molecule has 1 heterocycles. The minimum Gasteiger partial charge on any atom is -0.477 e. The predicted octanol–water partition coefficient (Wildman–Crippen LogP) is 1.90. The van der Waals surface area contributed by atoms with E-state index in [1.807, 2.05) is 0 Å². The topological polar surface area (TPSA) is 103 Å². The molecule has 7 nitrogen and oxygen atoms in total. The van der Waals surface area contributed by atoms with Crippen LogP contribution in [0.4, 0.5) is 18.9 Å². The lowest BCUT2D eigenvalue weighted by Gasteiger charge is -2.09. The summed E-state index contributed by atoms with van der Waals surface area (Å²) < 4.78 is 39.3. The van der Waals surface area contributed by atoms with E-state index in [0.29, 0.717) is 6.07 Å². The minimum atomic E-state index is -5.21. The van der Waals surface area contributed by atoms with Gasteiger partial charge in [-0.3, -0.25) is 10.1 Å². The fraction of sp³-hybridized carbons (Fsp3) is 0.250. The zero-order valence-corrected chi connectivity index (χ0v) is 8.69. The monoisotopic (exact) mass is 266 g/mol. The van der Waals surface area contributed by atoms with Gasteiger partial charge >= 0.3 is 23.9 Å². The van der Waals surface area contributed by atoms with Gasteiger partial charge in [0.25, 0.3) is 0 Å². The minimum absolute atomic E-state index is 0.149. The van der Waals surface area contributed by atoms with E-state index in [2.05, 4.69) is 9.72 Å². The molecule has 0 unspecified atom stereocenters. The number of aromatic nitrogens is 1. The van der Waals surface area contributed by atoms with Crippen molar-refractivity contribution in [3.63, 3.8) is 0 Å². The van der Waals surface area contributed by atoms with E-state index in [9.17, 15) is 28.1 Å². The smallest absolute Gasteiger partial charge is 0.477 e. The Bertz CT molecular complexity index is 514. The molecule has 0 aromatic carbocycles. The number of nitrogens with zero attached hydrogens (tertiary/aromatic N) is 2. The van der Waals surface area contributed by atoms with Crippen LogP contribution in [0.2, 0.25) is 0 Å². The van der Waals surface area contributed by atoms with E-state index in [1.165, 1.54) is 6.92 Å². The number of ether oxygens (including phenoxy) is 1. The van der Waals surface area contributed by atoms with Gasteiger partial charge in [0.1, 0.15) is 0 Å². The van der Waals surface area contributed by atoms with Gasteiger partial charge in [-0.1, -0.05) is 0 Å². The van der Waals surface area contributed by atoms with Crippen LogP contribution in [-0.4, -0.2) is 27.3 Å². The molecule has 0 fully saturated rings. The molecule has 0 aliphatic carbocycles. The van der Waals surface area contributed by atoms with Crippen LogP contribution in [0.1, 0.15) is 16.1 Å². The van der Waals surface area contributed by atoms with Gasteiger partial charge in [0.05, 0.1) is 4.92 Å². The van der Waals surface area contributed by atoms with Crippen molar-refractivity contribution < 1.29 is 32.7 Å². The number of hydrogen-bond acceptors (Lipinski definition) is 5. The SMILES string of the molecule is Cc1cc([N+](=O)[O-])c(OC(F)(F)F)nc1C(=O)O. The van der Waals surface area contributed by atoms with Crippen LogP contribution in [0, 0.1) is 17.0 Å². The van der Waals surface area contributed by atoms with Crippen LogP contribution in [-0.2, 0) is 0 Å². The van der Waals surface area contributed by atoms with Crippen LogP contribution in [0.15, 0.2) is 6.07 Å². The first-order valence-corrected chi connectivity index (χ1v) is 4.27. The number of aryl methyl sites for hydroxylation is 1. The predicted molar refractivity (Wildman–Crippen MR) is 49.3 cm³/mol. The molecule has 0 saturated heterocycles. The van der Waals surface area contributed by atoms with Crippen LogP contribution < -0.4 is 4.74 Å². The van der Waals surface area contributed by atoms with Crippen molar-refractivity contribution in [2.75, 3.05) is 0 Å². The third-order valence-electron chi connectivity index (χ3n) is 1.77.